The van der Waals surface area contributed by atoms with Crippen LogP contribution in [-0.4, -0.2) is 41.3 Å². The third kappa shape index (κ3) is 8.95. The van der Waals surface area contributed by atoms with Crippen LogP contribution in [0, 0.1) is 5.92 Å². The van der Waals surface area contributed by atoms with Crippen molar-refractivity contribution in [1.29, 1.82) is 0 Å². The van der Waals surface area contributed by atoms with Gasteiger partial charge in [0.1, 0.15) is 0 Å². The summed E-state index contributed by atoms with van der Waals surface area (Å²) in [5, 5.41) is 0. The van der Waals surface area contributed by atoms with E-state index in [-0.39, 0.29) is 23.4 Å². The molecule has 0 aliphatic rings. The van der Waals surface area contributed by atoms with E-state index in [9.17, 15) is 13.2 Å². The molecule has 0 aromatic carbocycles. The van der Waals surface area contributed by atoms with E-state index in [2.05, 4.69) is 0 Å². The van der Waals surface area contributed by atoms with Gasteiger partial charge in [-0.25, -0.2) is 0 Å². The van der Waals surface area contributed by atoms with Crippen molar-refractivity contribution < 1.29 is 13.2 Å². The van der Waals surface area contributed by atoms with Crippen molar-refractivity contribution >= 4 is 29.0 Å². The van der Waals surface area contributed by atoms with Gasteiger partial charge in [0.15, 0.2) is 0 Å². The molecule has 90 valence electrons. The number of hydrogen-bond acceptors (Lipinski definition) is 3. The van der Waals surface area contributed by atoms with Crippen LogP contribution in [0.2, 0.25) is 0 Å². The zero-order valence-corrected chi connectivity index (χ0v) is 10.3. The molecule has 0 amide bonds. The largest absolute Gasteiger partial charge is 0.441 e. The molecule has 0 spiro atoms. The van der Waals surface area contributed by atoms with Gasteiger partial charge in [0, 0.05) is 24.8 Å². The highest BCUT2D eigenvalue weighted by Crippen LogP contribution is 2.29. The lowest BCUT2D eigenvalue weighted by Gasteiger charge is -2.20. The molecule has 0 fully saturated rings. The monoisotopic (exact) mass is 260 g/mol. The number of nitrogens with two attached hydrogens (primary N) is 1. The van der Waals surface area contributed by atoms with E-state index in [1.807, 2.05) is 6.92 Å². The molecular weight excluding hydrogens is 245 g/mol. The molecule has 15 heavy (non-hydrogen) atoms. The molecule has 0 rings (SSSR count). The second kappa shape index (κ2) is 6.55. The summed E-state index contributed by atoms with van der Waals surface area (Å²) in [7, 11) is 1.76. The maximum Gasteiger partial charge on any atom is 0.441 e. The van der Waals surface area contributed by atoms with Crippen LogP contribution in [0.4, 0.5) is 13.2 Å². The molecule has 0 heterocycles. The first kappa shape index (κ1) is 15.0. The van der Waals surface area contributed by atoms with E-state index in [1.165, 1.54) is 0 Å². The maximum absolute atomic E-state index is 11.8. The van der Waals surface area contributed by atoms with Crippen LogP contribution in [0.25, 0.3) is 0 Å². The maximum atomic E-state index is 11.8. The fourth-order valence-electron chi connectivity index (χ4n) is 0.966. The number of hydrogen-bond donors (Lipinski definition) is 1. The molecule has 7 heteroatoms. The molecule has 0 aromatic rings. The Hall–Kier alpha value is -0.0100. The highest BCUT2D eigenvalue weighted by molar-refractivity contribution is 8.00. The summed E-state index contributed by atoms with van der Waals surface area (Å²) in [4.78, 5) is 2.19. The normalized spacial score (nSPS) is 14.3. The van der Waals surface area contributed by atoms with Gasteiger partial charge in [-0.2, -0.15) is 13.2 Å². The summed E-state index contributed by atoms with van der Waals surface area (Å²) in [5.74, 6) is 0.0604. The topological polar surface area (TPSA) is 29.3 Å². The number of halogens is 3. The minimum absolute atomic E-state index is 0.00838. The summed E-state index contributed by atoms with van der Waals surface area (Å²) in [6.07, 6.45) is 0. The predicted octanol–water partition coefficient (Wildman–Crippen LogP) is 2.09. The van der Waals surface area contributed by atoms with Crippen molar-refractivity contribution in [1.82, 2.24) is 4.90 Å². The molecule has 1 atom stereocenters. The Labute approximate surface area is 97.4 Å². The molecule has 0 bridgehead atoms. The van der Waals surface area contributed by atoms with Gasteiger partial charge in [-0.15, -0.1) is 0 Å². The van der Waals surface area contributed by atoms with Crippen LogP contribution in [-0.2, 0) is 0 Å². The average molecular weight is 260 g/mol. The van der Waals surface area contributed by atoms with Gasteiger partial charge in [0.05, 0.1) is 4.99 Å². The Morgan fingerprint density at radius 1 is 1.53 bits per heavy atom. The zero-order chi connectivity index (χ0) is 12.1. The second-order valence-electron chi connectivity index (χ2n) is 3.36. The quantitative estimate of drug-likeness (QED) is 0.741. The van der Waals surface area contributed by atoms with Gasteiger partial charge in [0.25, 0.3) is 0 Å². The minimum Gasteiger partial charge on any atom is -0.393 e. The summed E-state index contributed by atoms with van der Waals surface area (Å²) < 4.78 is 35.4. The van der Waals surface area contributed by atoms with Crippen LogP contribution in [0.3, 0.4) is 0 Å². The van der Waals surface area contributed by atoms with E-state index in [4.69, 9.17) is 18.0 Å². The van der Waals surface area contributed by atoms with Gasteiger partial charge in [-0.1, -0.05) is 19.1 Å². The first-order chi connectivity index (χ1) is 6.72. The number of rotatable bonds is 6. The van der Waals surface area contributed by atoms with Crippen molar-refractivity contribution in [3.8, 4) is 0 Å². The van der Waals surface area contributed by atoms with Gasteiger partial charge >= 0.3 is 5.51 Å². The van der Waals surface area contributed by atoms with Crippen molar-refractivity contribution in [2.24, 2.45) is 11.7 Å². The van der Waals surface area contributed by atoms with Crippen molar-refractivity contribution in [3.63, 3.8) is 0 Å². The molecule has 0 radical (unpaired) electrons. The van der Waals surface area contributed by atoms with Crippen LogP contribution in [0.15, 0.2) is 0 Å². The number of thioether (sulfide) groups is 1. The van der Waals surface area contributed by atoms with Crippen molar-refractivity contribution in [2.75, 3.05) is 25.9 Å². The van der Waals surface area contributed by atoms with Gasteiger partial charge in [0.2, 0.25) is 0 Å². The van der Waals surface area contributed by atoms with Crippen LogP contribution < -0.4 is 5.73 Å². The number of nitrogens with zero attached hydrogens (tertiary/aromatic N) is 1. The highest BCUT2D eigenvalue weighted by Gasteiger charge is 2.27. The second-order valence-corrected chi connectivity index (χ2v) is 4.99. The Bertz CT molecular complexity index is 209. The first-order valence-corrected chi connectivity index (χ1v) is 5.80. The Morgan fingerprint density at radius 3 is 2.47 bits per heavy atom. The minimum atomic E-state index is -4.14. The lowest BCUT2D eigenvalue weighted by atomic mass is 10.2. The third-order valence-electron chi connectivity index (χ3n) is 1.81. The summed E-state index contributed by atoms with van der Waals surface area (Å²) in [6, 6.07) is 0. The van der Waals surface area contributed by atoms with E-state index < -0.39 is 5.51 Å². The fourth-order valence-corrected chi connectivity index (χ4v) is 1.67. The van der Waals surface area contributed by atoms with Crippen LogP contribution >= 0.6 is 24.0 Å². The Morgan fingerprint density at radius 2 is 2.07 bits per heavy atom. The standard InChI is InChI=1S/C8H15F3N2S2/c1-6(7(12)14)5-13(2)3-4-15-8(9,10)11/h6H,3-5H2,1-2H3,(H2,12,14). The Balaban J connectivity index is 3.67. The van der Waals surface area contributed by atoms with E-state index >= 15 is 0 Å². The molecule has 2 nitrogen and oxygen atoms in total. The summed E-state index contributed by atoms with van der Waals surface area (Å²) in [6.45, 7) is 2.82. The lowest BCUT2D eigenvalue weighted by molar-refractivity contribution is -0.0328. The molecule has 0 aliphatic heterocycles. The fraction of sp³-hybridized carbons (Fsp3) is 0.875. The van der Waals surface area contributed by atoms with E-state index in [0.717, 1.165) is 0 Å². The Kier molecular flexibility index (Phi) is 6.54. The zero-order valence-electron chi connectivity index (χ0n) is 8.67. The van der Waals surface area contributed by atoms with Gasteiger partial charge in [-0.3, -0.25) is 0 Å². The summed E-state index contributed by atoms with van der Waals surface area (Å²) >= 11 is 4.77. The van der Waals surface area contributed by atoms with Crippen molar-refractivity contribution in [2.45, 2.75) is 12.4 Å². The number of alkyl halides is 3. The first-order valence-electron chi connectivity index (χ1n) is 4.41. The molecule has 0 saturated heterocycles. The summed E-state index contributed by atoms with van der Waals surface area (Å²) in [5.41, 5.74) is 1.26. The van der Waals surface area contributed by atoms with E-state index in [0.29, 0.717) is 18.1 Å². The average Bonchev–Trinajstić information content (AvgIpc) is 2.01. The molecule has 0 saturated carbocycles. The predicted molar refractivity (Wildman–Crippen MR) is 62.0 cm³/mol. The lowest BCUT2D eigenvalue weighted by Crippen LogP contribution is -2.32. The highest BCUT2D eigenvalue weighted by atomic mass is 32.2. The van der Waals surface area contributed by atoms with Gasteiger partial charge in [-0.05, 0) is 18.8 Å². The number of thiocarbonyl (C=S) groups is 1. The third-order valence-corrected chi connectivity index (χ3v) is 2.93. The smallest absolute Gasteiger partial charge is 0.393 e. The van der Waals surface area contributed by atoms with Crippen LogP contribution in [0.1, 0.15) is 6.92 Å². The van der Waals surface area contributed by atoms with Gasteiger partial charge < -0.3 is 10.6 Å². The van der Waals surface area contributed by atoms with E-state index in [1.54, 1.807) is 11.9 Å². The molecule has 0 aliphatic carbocycles. The SMILES string of the molecule is CC(CN(C)CCSC(F)(F)F)C(N)=S. The molecule has 2 N–H and O–H groups in total. The molecular formula is C8H15F3N2S2. The van der Waals surface area contributed by atoms with Crippen molar-refractivity contribution in [3.05, 3.63) is 0 Å². The molecule has 0 aromatic heterocycles. The molecule has 1 unspecified atom stereocenters. The van der Waals surface area contributed by atoms with Crippen LogP contribution in [0.5, 0.6) is 0 Å².